The summed E-state index contributed by atoms with van der Waals surface area (Å²) in [5, 5.41) is 18.1. The van der Waals surface area contributed by atoms with E-state index in [4.69, 9.17) is 14.2 Å². The third kappa shape index (κ3) is 17.9. The number of amides is 8. The Hall–Kier alpha value is -7.94. The molecule has 4 bridgehead atoms. The van der Waals surface area contributed by atoms with Crippen molar-refractivity contribution >= 4 is 47.3 Å². The Morgan fingerprint density at radius 1 is 0.539 bits per heavy atom. The number of ether oxygens (including phenoxy) is 3. The summed E-state index contributed by atoms with van der Waals surface area (Å²) in [4.78, 5) is 117. The Bertz CT molecular complexity index is 3140. The third-order valence-electron chi connectivity index (χ3n) is 18.2. The van der Waals surface area contributed by atoms with Gasteiger partial charge >= 0.3 is 0 Å². The van der Waals surface area contributed by atoms with Gasteiger partial charge in [-0.25, -0.2) is 8.78 Å². The Kier molecular flexibility index (Phi) is 22.3. The molecule has 89 heavy (non-hydrogen) atoms. The Morgan fingerprint density at radius 2 is 1.10 bits per heavy atom. The number of aryl methyl sites for hydroxylation is 2. The Labute approximate surface area is 518 Å². The van der Waals surface area contributed by atoms with E-state index in [-0.39, 0.29) is 93.2 Å². The molecule has 3 saturated heterocycles. The van der Waals surface area contributed by atoms with Crippen LogP contribution in [-0.4, -0.2) is 145 Å². The minimum atomic E-state index is -1.12. The number of fused-ring (bicyclic) bond motifs is 4. The fourth-order valence-corrected chi connectivity index (χ4v) is 13.2. The first-order chi connectivity index (χ1) is 43.2. The number of halogens is 2. The van der Waals surface area contributed by atoms with Crippen LogP contribution in [0.3, 0.4) is 0 Å². The lowest BCUT2D eigenvalue weighted by Gasteiger charge is -2.30. The molecule has 4 aromatic rings. The number of hydrogen-bond donors (Lipinski definition) is 6. The van der Waals surface area contributed by atoms with Crippen molar-refractivity contribution in [3.63, 3.8) is 0 Å². The number of carbonyl (C=O) groups is 8. The van der Waals surface area contributed by atoms with Crippen LogP contribution in [0.2, 0.25) is 0 Å². The van der Waals surface area contributed by atoms with Gasteiger partial charge in [-0.05, 0) is 191 Å². The molecule has 1 saturated carbocycles. The van der Waals surface area contributed by atoms with Crippen molar-refractivity contribution in [2.45, 2.75) is 189 Å². The van der Waals surface area contributed by atoms with Gasteiger partial charge < -0.3 is 55.9 Å². The van der Waals surface area contributed by atoms with E-state index in [9.17, 15) is 47.1 Å². The maximum Gasteiger partial charge on any atom is 0.243 e. The van der Waals surface area contributed by atoms with Crippen LogP contribution in [0.15, 0.2) is 91.0 Å². The predicted molar refractivity (Wildman–Crippen MR) is 326 cm³/mol. The molecule has 8 amide bonds. The fourth-order valence-electron chi connectivity index (χ4n) is 13.2. The molecule has 6 N–H and O–H groups in total. The maximum atomic E-state index is 14.9. The van der Waals surface area contributed by atoms with Crippen LogP contribution < -0.4 is 41.4 Å². The molecule has 1 aliphatic carbocycles. The molecule has 4 aromatic carbocycles. The summed E-state index contributed by atoms with van der Waals surface area (Å²) < 4.78 is 46.3. The summed E-state index contributed by atoms with van der Waals surface area (Å²) in [5.74, 6) is -2.99. The number of hydrogen-bond acceptors (Lipinski definition) is 11. The van der Waals surface area contributed by atoms with Crippen LogP contribution in [0.25, 0.3) is 0 Å². The average molecular weight is 1230 g/mol. The fraction of sp³-hybridized carbons (Fsp3) is 0.529. The van der Waals surface area contributed by atoms with Crippen molar-refractivity contribution < 1.29 is 61.3 Å². The zero-order chi connectivity index (χ0) is 62.2. The first-order valence-electron chi connectivity index (χ1n) is 32.2. The summed E-state index contributed by atoms with van der Waals surface area (Å²) in [7, 11) is 0. The summed E-state index contributed by atoms with van der Waals surface area (Å²) in [6.45, 7) is 2.24. The number of rotatable bonds is 14. The van der Waals surface area contributed by atoms with E-state index in [2.05, 4.69) is 31.9 Å². The van der Waals surface area contributed by atoms with Gasteiger partial charge in [0.05, 0.1) is 19.3 Å². The standard InChI is InChI=1S/C68H84F2N8O11/c69-49-23-16-43(17-24-49)20-28-57-65(83)73-55(63(81)71-42-53-11-8-34-88-53)12-1-4-33-89-54-37-46(39-60(68(86)76-57)78-31-7-15-62(78)80)35-48(41-54)47-22-27-51(40-47)72-64(82)56-13-2-3-32-87-52-10-5-9-45(36-52)38-59(77-30-6-14-61(77)79)67(85)75-58(66(84)74-56)29-21-44-18-25-50(70)26-19-44/h5,9-10,16-19,23-26,35-37,41,47,51,53,55-60H,1-4,6-8,11-15,20-22,27-34,38-40,42H2,(H,71,81)(H,72,82)(H,73,83)(H,74,84)(H,75,85)(H,76,86)/t47?,51?,53-,55-,56-,57-,58-,59-,60-/m0/s1. The number of likely N-dealkylation sites (tertiary alicyclic amines) is 2. The minimum absolute atomic E-state index is 0.0777. The van der Waals surface area contributed by atoms with Crippen LogP contribution in [0.5, 0.6) is 11.5 Å². The quantitative estimate of drug-likeness (QED) is 0.0842. The average Bonchev–Trinajstić information content (AvgIpc) is 4.32. The Morgan fingerprint density at radius 3 is 1.66 bits per heavy atom. The highest BCUT2D eigenvalue weighted by Crippen LogP contribution is 2.38. The molecule has 10 rings (SSSR count). The molecule has 0 radical (unpaired) electrons. The van der Waals surface area contributed by atoms with Gasteiger partial charge in [-0.2, -0.15) is 0 Å². The number of carbonyl (C=O) groups excluding carboxylic acids is 8. The van der Waals surface area contributed by atoms with Crippen molar-refractivity contribution in [2.75, 3.05) is 39.5 Å². The molecule has 2 unspecified atom stereocenters. The number of nitrogens with one attached hydrogen (secondary N) is 6. The second-order valence-corrected chi connectivity index (χ2v) is 24.7. The lowest BCUT2D eigenvalue weighted by Crippen LogP contribution is -2.57. The normalized spacial score (nSPS) is 26.1. The van der Waals surface area contributed by atoms with Gasteiger partial charge in [0, 0.05) is 58.0 Å². The van der Waals surface area contributed by atoms with Gasteiger partial charge in [-0.1, -0.05) is 42.5 Å². The van der Waals surface area contributed by atoms with Crippen molar-refractivity contribution in [1.29, 1.82) is 0 Å². The first kappa shape index (κ1) is 64.1. The van der Waals surface area contributed by atoms with E-state index in [1.165, 1.54) is 24.3 Å². The van der Waals surface area contributed by atoms with E-state index < -0.39 is 71.5 Å². The van der Waals surface area contributed by atoms with E-state index in [0.717, 1.165) is 40.7 Å². The Balaban J connectivity index is 0.871. The molecule has 9 atom stereocenters. The summed E-state index contributed by atoms with van der Waals surface area (Å²) >= 11 is 0. The largest absolute Gasteiger partial charge is 0.494 e. The molecule has 476 valence electrons. The second-order valence-electron chi connectivity index (χ2n) is 24.7. The van der Waals surface area contributed by atoms with Crippen LogP contribution in [-0.2, 0) is 68.8 Å². The van der Waals surface area contributed by atoms with Crippen molar-refractivity contribution in [3.8, 4) is 11.5 Å². The molecule has 19 nitrogen and oxygen atoms in total. The van der Waals surface area contributed by atoms with Gasteiger partial charge in [-0.15, -0.1) is 0 Å². The number of benzene rings is 4. The van der Waals surface area contributed by atoms with Crippen molar-refractivity contribution in [1.82, 2.24) is 41.7 Å². The van der Waals surface area contributed by atoms with Gasteiger partial charge in [0.1, 0.15) is 59.4 Å². The predicted octanol–water partition coefficient (Wildman–Crippen LogP) is 6.11. The van der Waals surface area contributed by atoms with Gasteiger partial charge in [-0.3, -0.25) is 38.4 Å². The molecular formula is C68H84F2N8O11. The van der Waals surface area contributed by atoms with Gasteiger partial charge in [0.2, 0.25) is 47.3 Å². The van der Waals surface area contributed by atoms with Crippen molar-refractivity contribution in [2.24, 2.45) is 0 Å². The highest BCUT2D eigenvalue weighted by molar-refractivity contribution is 5.96. The SMILES string of the molecule is O=C(NC[C@@H]1CCCO1)[C@@H]1CCCCOc2cc(cc(C3CCC(NC(=O)[C@@H]4CCCCOc5cccc(c5)C[C@H](N5CCCC5=O)C(=O)N[C@@H](CCc5ccc(F)cc5)C(=O)N4)C3)c2)C[C@H](N2CCCC2=O)C(=O)N[C@@H](CCc2ccc(F)cc2)C(=O)N1. The van der Waals surface area contributed by atoms with E-state index in [1.54, 1.807) is 34.1 Å². The molecule has 21 heteroatoms. The smallest absolute Gasteiger partial charge is 0.243 e. The van der Waals surface area contributed by atoms with Crippen LogP contribution in [0, 0.1) is 11.6 Å². The topological polar surface area (TPSA) is 243 Å². The van der Waals surface area contributed by atoms with E-state index in [0.29, 0.717) is 121 Å². The highest BCUT2D eigenvalue weighted by Gasteiger charge is 2.39. The molecule has 6 aliphatic rings. The zero-order valence-electron chi connectivity index (χ0n) is 50.6. The van der Waals surface area contributed by atoms with Crippen LogP contribution >= 0.6 is 0 Å². The summed E-state index contributed by atoms with van der Waals surface area (Å²) in [6, 6.07) is 18.7. The summed E-state index contributed by atoms with van der Waals surface area (Å²) in [6.07, 6.45) is 8.93. The van der Waals surface area contributed by atoms with Crippen LogP contribution in [0.1, 0.15) is 143 Å². The lowest BCUT2D eigenvalue weighted by molar-refractivity contribution is -0.139. The monoisotopic (exact) mass is 1230 g/mol. The second kappa shape index (κ2) is 31.0. The maximum absolute atomic E-state index is 14.9. The highest BCUT2D eigenvalue weighted by atomic mass is 19.1. The molecule has 4 fully saturated rings. The molecule has 5 heterocycles. The van der Waals surface area contributed by atoms with Gasteiger partial charge in [0.25, 0.3) is 0 Å². The van der Waals surface area contributed by atoms with Crippen LogP contribution in [0.4, 0.5) is 8.78 Å². The first-order valence-corrected chi connectivity index (χ1v) is 32.2. The third-order valence-corrected chi connectivity index (χ3v) is 18.2. The molecule has 5 aliphatic heterocycles. The molecular weight excluding hydrogens is 1140 g/mol. The minimum Gasteiger partial charge on any atom is -0.494 e. The molecule has 0 aromatic heterocycles. The lowest BCUT2D eigenvalue weighted by atomic mass is 9.93. The van der Waals surface area contributed by atoms with E-state index >= 15 is 0 Å². The number of nitrogens with zero attached hydrogens (tertiary/aromatic N) is 2. The van der Waals surface area contributed by atoms with Gasteiger partial charge in [0.15, 0.2) is 0 Å². The van der Waals surface area contributed by atoms with E-state index in [1.807, 2.05) is 42.5 Å². The summed E-state index contributed by atoms with van der Waals surface area (Å²) in [5.41, 5.74) is 3.94. The molecule has 0 spiro atoms. The van der Waals surface area contributed by atoms with Crippen molar-refractivity contribution in [3.05, 3.63) is 130 Å². The zero-order valence-corrected chi connectivity index (χ0v) is 50.6.